The van der Waals surface area contributed by atoms with E-state index in [1.165, 1.54) is 7.11 Å². The molecule has 0 spiro atoms. The molecule has 1 fully saturated rings. The van der Waals surface area contributed by atoms with Crippen LogP contribution in [-0.2, 0) is 14.3 Å². The van der Waals surface area contributed by atoms with Gasteiger partial charge in [-0.15, -0.1) is 0 Å². The lowest BCUT2D eigenvalue weighted by molar-refractivity contribution is -0.136. The first-order valence-corrected chi connectivity index (χ1v) is 8.16. The lowest BCUT2D eigenvalue weighted by Crippen LogP contribution is -2.34. The SMILES string of the molecule is COC(=O)C1=C(C)N(C2CCCC2)C(=O)/C1=C\c1cccc(O)c1. The van der Waals surface area contributed by atoms with E-state index in [9.17, 15) is 14.7 Å². The number of methoxy groups -OCH3 is 1. The molecule has 0 radical (unpaired) electrons. The van der Waals surface area contributed by atoms with Crippen molar-refractivity contribution in [3.63, 3.8) is 0 Å². The summed E-state index contributed by atoms with van der Waals surface area (Å²) < 4.78 is 4.89. The van der Waals surface area contributed by atoms with Gasteiger partial charge in [-0.3, -0.25) is 4.79 Å². The number of aromatic hydroxyl groups is 1. The molecule has 24 heavy (non-hydrogen) atoms. The minimum atomic E-state index is -0.507. The van der Waals surface area contributed by atoms with Crippen LogP contribution in [0.5, 0.6) is 5.75 Å². The third-order valence-corrected chi connectivity index (χ3v) is 4.70. The van der Waals surface area contributed by atoms with Crippen LogP contribution in [0.1, 0.15) is 38.2 Å². The standard InChI is InChI=1S/C19H21NO4/c1-12-17(19(23)24-2)16(11-13-6-5-9-15(21)10-13)18(22)20(12)14-7-3-4-8-14/h5-6,9-11,14,21H,3-4,7-8H2,1-2H3/b16-11-. The number of rotatable bonds is 3. The Labute approximate surface area is 141 Å². The molecule has 0 unspecified atom stereocenters. The third kappa shape index (κ3) is 2.82. The number of hydrogen-bond donors (Lipinski definition) is 1. The van der Waals surface area contributed by atoms with Crippen molar-refractivity contribution in [2.75, 3.05) is 7.11 Å². The molecule has 0 atom stereocenters. The van der Waals surface area contributed by atoms with Crippen molar-refractivity contribution in [3.05, 3.63) is 46.7 Å². The highest BCUT2D eigenvalue weighted by Crippen LogP contribution is 2.37. The number of hydrogen-bond acceptors (Lipinski definition) is 4. The Bertz CT molecular complexity index is 741. The summed E-state index contributed by atoms with van der Waals surface area (Å²) in [6.45, 7) is 1.80. The van der Waals surface area contributed by atoms with Crippen molar-refractivity contribution in [2.24, 2.45) is 0 Å². The molecule has 1 aliphatic carbocycles. The lowest BCUT2D eigenvalue weighted by Gasteiger charge is -2.25. The Hall–Kier alpha value is -2.56. The zero-order valence-corrected chi connectivity index (χ0v) is 13.9. The average molecular weight is 327 g/mol. The van der Waals surface area contributed by atoms with Crippen LogP contribution in [0.4, 0.5) is 0 Å². The maximum Gasteiger partial charge on any atom is 0.340 e. The fourth-order valence-corrected chi connectivity index (χ4v) is 3.58. The number of ether oxygens (including phenoxy) is 1. The maximum absolute atomic E-state index is 13.0. The Balaban J connectivity index is 2.06. The molecular formula is C19H21NO4. The zero-order chi connectivity index (χ0) is 17.3. The van der Waals surface area contributed by atoms with Crippen molar-refractivity contribution >= 4 is 18.0 Å². The van der Waals surface area contributed by atoms with E-state index < -0.39 is 5.97 Å². The summed E-state index contributed by atoms with van der Waals surface area (Å²) in [4.78, 5) is 27.0. The molecule has 1 heterocycles. The van der Waals surface area contributed by atoms with Crippen molar-refractivity contribution < 1.29 is 19.4 Å². The molecular weight excluding hydrogens is 306 g/mol. The number of nitrogens with zero attached hydrogens (tertiary/aromatic N) is 1. The number of esters is 1. The molecule has 1 aliphatic heterocycles. The highest BCUT2D eigenvalue weighted by Gasteiger charge is 2.40. The molecule has 5 nitrogen and oxygen atoms in total. The number of allylic oxidation sites excluding steroid dienone is 1. The summed E-state index contributed by atoms with van der Waals surface area (Å²) >= 11 is 0. The van der Waals surface area contributed by atoms with Crippen molar-refractivity contribution in [1.82, 2.24) is 4.90 Å². The Morgan fingerprint density at radius 1 is 1.33 bits per heavy atom. The molecule has 2 aliphatic rings. The molecule has 0 aromatic heterocycles. The van der Waals surface area contributed by atoms with Gasteiger partial charge in [0.2, 0.25) is 0 Å². The quantitative estimate of drug-likeness (QED) is 0.684. The van der Waals surface area contributed by atoms with E-state index in [4.69, 9.17) is 4.74 Å². The average Bonchev–Trinajstić information content (AvgIpc) is 3.15. The Kier molecular flexibility index (Phi) is 4.42. The second kappa shape index (κ2) is 6.51. The summed E-state index contributed by atoms with van der Waals surface area (Å²) in [5, 5.41) is 9.62. The molecule has 1 aromatic carbocycles. The van der Waals surface area contributed by atoms with E-state index in [1.54, 1.807) is 42.2 Å². The third-order valence-electron chi connectivity index (χ3n) is 4.70. The molecule has 1 amide bonds. The molecule has 1 N–H and O–H groups in total. The second-order valence-corrected chi connectivity index (χ2v) is 6.22. The molecule has 5 heteroatoms. The first kappa shape index (κ1) is 16.3. The van der Waals surface area contributed by atoms with Gasteiger partial charge < -0.3 is 14.7 Å². The van der Waals surface area contributed by atoms with Gasteiger partial charge in [0.25, 0.3) is 5.91 Å². The summed E-state index contributed by atoms with van der Waals surface area (Å²) in [5.74, 6) is -0.557. The van der Waals surface area contributed by atoms with Gasteiger partial charge >= 0.3 is 5.97 Å². The van der Waals surface area contributed by atoms with Crippen LogP contribution in [0, 0.1) is 0 Å². The molecule has 1 aromatic rings. The predicted octanol–water partition coefficient (Wildman–Crippen LogP) is 3.01. The Morgan fingerprint density at radius 3 is 2.67 bits per heavy atom. The number of phenolic OH excluding ortho intramolecular Hbond substituents is 1. The molecule has 0 bridgehead atoms. The van der Waals surface area contributed by atoms with Gasteiger partial charge in [0.1, 0.15) is 5.75 Å². The summed E-state index contributed by atoms with van der Waals surface area (Å²) in [6.07, 6.45) is 5.75. The minimum Gasteiger partial charge on any atom is -0.508 e. The highest BCUT2D eigenvalue weighted by atomic mass is 16.5. The van der Waals surface area contributed by atoms with E-state index in [2.05, 4.69) is 0 Å². The number of amides is 1. The first-order chi connectivity index (χ1) is 11.5. The van der Waals surface area contributed by atoms with E-state index in [0.29, 0.717) is 22.4 Å². The Morgan fingerprint density at radius 2 is 2.04 bits per heavy atom. The first-order valence-electron chi connectivity index (χ1n) is 8.16. The van der Waals surface area contributed by atoms with Crippen molar-refractivity contribution in [3.8, 4) is 5.75 Å². The fraction of sp³-hybridized carbons (Fsp3) is 0.368. The molecule has 3 rings (SSSR count). The second-order valence-electron chi connectivity index (χ2n) is 6.22. The van der Waals surface area contributed by atoms with Gasteiger partial charge in [0.15, 0.2) is 0 Å². The molecule has 1 saturated carbocycles. The monoisotopic (exact) mass is 327 g/mol. The van der Waals surface area contributed by atoms with E-state index >= 15 is 0 Å². The van der Waals surface area contributed by atoms with Gasteiger partial charge in [-0.25, -0.2) is 4.79 Å². The number of carbonyl (C=O) groups excluding carboxylic acids is 2. The van der Waals surface area contributed by atoms with E-state index in [1.807, 2.05) is 0 Å². The van der Waals surface area contributed by atoms with Crippen LogP contribution in [0.15, 0.2) is 41.1 Å². The minimum absolute atomic E-state index is 0.114. The lowest BCUT2D eigenvalue weighted by atomic mass is 10.0. The normalized spacial score (nSPS) is 20.3. The van der Waals surface area contributed by atoms with Crippen LogP contribution in [0.2, 0.25) is 0 Å². The van der Waals surface area contributed by atoms with Gasteiger partial charge in [-0.2, -0.15) is 0 Å². The van der Waals surface area contributed by atoms with Crippen molar-refractivity contribution in [1.29, 1.82) is 0 Å². The largest absolute Gasteiger partial charge is 0.508 e. The predicted molar refractivity (Wildman–Crippen MR) is 89.9 cm³/mol. The van der Waals surface area contributed by atoms with Gasteiger partial charge in [-0.1, -0.05) is 25.0 Å². The molecule has 0 saturated heterocycles. The highest BCUT2D eigenvalue weighted by molar-refractivity contribution is 6.16. The maximum atomic E-state index is 13.0. The zero-order valence-electron chi connectivity index (χ0n) is 13.9. The number of phenols is 1. The van der Waals surface area contributed by atoms with Crippen molar-refractivity contribution in [2.45, 2.75) is 38.6 Å². The van der Waals surface area contributed by atoms with Crippen LogP contribution in [0.25, 0.3) is 6.08 Å². The topological polar surface area (TPSA) is 66.8 Å². The van der Waals surface area contributed by atoms with E-state index in [-0.39, 0.29) is 17.7 Å². The van der Waals surface area contributed by atoms with Crippen LogP contribution in [0.3, 0.4) is 0 Å². The summed E-state index contributed by atoms with van der Waals surface area (Å²) in [5.41, 5.74) is 1.97. The van der Waals surface area contributed by atoms with Crippen LogP contribution in [-0.4, -0.2) is 35.0 Å². The van der Waals surface area contributed by atoms with E-state index in [0.717, 1.165) is 25.7 Å². The van der Waals surface area contributed by atoms with Crippen LogP contribution >= 0.6 is 0 Å². The fourth-order valence-electron chi connectivity index (χ4n) is 3.58. The summed E-state index contributed by atoms with van der Waals surface area (Å²) in [7, 11) is 1.32. The van der Waals surface area contributed by atoms with Crippen LogP contribution < -0.4 is 0 Å². The van der Waals surface area contributed by atoms with Gasteiger partial charge in [0, 0.05) is 11.7 Å². The number of benzene rings is 1. The number of carbonyl (C=O) groups is 2. The molecule has 126 valence electrons. The smallest absolute Gasteiger partial charge is 0.340 e. The van der Waals surface area contributed by atoms with Gasteiger partial charge in [0.05, 0.1) is 18.3 Å². The summed E-state index contributed by atoms with van der Waals surface area (Å²) in [6, 6.07) is 6.74. The van der Waals surface area contributed by atoms with Gasteiger partial charge in [-0.05, 0) is 43.5 Å².